The maximum atomic E-state index is 13.7. The standard InChI is InChI=1S/C25H29N3O4/c1-17(2)22-24(31)27(16-21(29)32-25(3,4)5)20(18-10-7-6-8-11-18)15-28(22)23(30)19-12-9-13-26-14-19/h6-15,17,22H,16H2,1-5H3/t22-/m1/s1. The van der Waals surface area contributed by atoms with Crippen molar-refractivity contribution in [2.45, 2.75) is 46.3 Å². The average molecular weight is 436 g/mol. The summed E-state index contributed by atoms with van der Waals surface area (Å²) in [6.45, 7) is 8.85. The molecule has 0 bridgehead atoms. The normalized spacial score (nSPS) is 16.8. The van der Waals surface area contributed by atoms with Gasteiger partial charge in [0.25, 0.3) is 11.8 Å². The summed E-state index contributed by atoms with van der Waals surface area (Å²) in [6, 6.07) is 11.8. The highest BCUT2D eigenvalue weighted by Crippen LogP contribution is 2.31. The van der Waals surface area contributed by atoms with Crippen molar-refractivity contribution in [1.82, 2.24) is 14.8 Å². The molecule has 1 aliphatic heterocycles. The first-order valence-electron chi connectivity index (χ1n) is 10.6. The van der Waals surface area contributed by atoms with Gasteiger partial charge in [-0.15, -0.1) is 0 Å². The van der Waals surface area contributed by atoms with E-state index in [-0.39, 0.29) is 24.3 Å². The largest absolute Gasteiger partial charge is 0.459 e. The maximum Gasteiger partial charge on any atom is 0.326 e. The molecule has 0 N–H and O–H groups in total. The second-order valence-electron chi connectivity index (χ2n) is 9.03. The average Bonchev–Trinajstić information content (AvgIpc) is 2.74. The molecule has 168 valence electrons. The lowest BCUT2D eigenvalue weighted by Gasteiger charge is -2.41. The lowest BCUT2D eigenvalue weighted by Crippen LogP contribution is -2.55. The van der Waals surface area contributed by atoms with Crippen LogP contribution >= 0.6 is 0 Å². The summed E-state index contributed by atoms with van der Waals surface area (Å²) in [5.41, 5.74) is 0.896. The molecular weight excluding hydrogens is 406 g/mol. The van der Waals surface area contributed by atoms with Crippen LogP contribution in [0.3, 0.4) is 0 Å². The Hall–Kier alpha value is -3.48. The van der Waals surface area contributed by atoms with Gasteiger partial charge in [0, 0.05) is 18.6 Å². The van der Waals surface area contributed by atoms with Crippen molar-refractivity contribution in [2.75, 3.05) is 6.54 Å². The number of hydrogen-bond donors (Lipinski definition) is 0. The van der Waals surface area contributed by atoms with Crippen LogP contribution in [0.15, 0.2) is 61.1 Å². The third kappa shape index (κ3) is 5.22. The van der Waals surface area contributed by atoms with Gasteiger partial charge >= 0.3 is 5.97 Å². The lowest BCUT2D eigenvalue weighted by molar-refractivity contribution is -0.158. The lowest BCUT2D eigenvalue weighted by atomic mass is 9.96. The Morgan fingerprint density at radius 3 is 2.34 bits per heavy atom. The third-order valence-electron chi connectivity index (χ3n) is 4.92. The Kier molecular flexibility index (Phi) is 6.77. The maximum absolute atomic E-state index is 13.7. The van der Waals surface area contributed by atoms with E-state index in [1.807, 2.05) is 44.2 Å². The molecule has 1 aromatic carbocycles. The minimum absolute atomic E-state index is 0.183. The van der Waals surface area contributed by atoms with Crippen molar-refractivity contribution < 1.29 is 19.1 Å². The molecule has 7 heteroatoms. The first-order valence-corrected chi connectivity index (χ1v) is 10.6. The van der Waals surface area contributed by atoms with E-state index in [0.29, 0.717) is 11.3 Å². The van der Waals surface area contributed by atoms with Gasteiger partial charge in [0.1, 0.15) is 18.2 Å². The second-order valence-corrected chi connectivity index (χ2v) is 9.03. The van der Waals surface area contributed by atoms with Crippen molar-refractivity contribution >= 4 is 23.5 Å². The Labute approximate surface area is 188 Å². The van der Waals surface area contributed by atoms with Crippen LogP contribution in [0.25, 0.3) is 5.70 Å². The molecule has 2 amide bonds. The SMILES string of the molecule is CC(C)[C@@H]1C(=O)N(CC(=O)OC(C)(C)C)C(c2ccccc2)=CN1C(=O)c1cccnc1. The zero-order chi connectivity index (χ0) is 23.5. The highest BCUT2D eigenvalue weighted by atomic mass is 16.6. The van der Waals surface area contributed by atoms with E-state index in [1.165, 1.54) is 16.0 Å². The Bertz CT molecular complexity index is 1010. The third-order valence-corrected chi connectivity index (χ3v) is 4.92. The predicted octanol–water partition coefficient (Wildman–Crippen LogP) is 3.73. The number of amides is 2. The number of esters is 1. The van der Waals surface area contributed by atoms with Gasteiger partial charge in [0.05, 0.1) is 11.3 Å². The quantitative estimate of drug-likeness (QED) is 0.669. The second kappa shape index (κ2) is 9.34. The van der Waals surface area contributed by atoms with Gasteiger partial charge in [0.2, 0.25) is 0 Å². The van der Waals surface area contributed by atoms with Crippen LogP contribution in [0, 0.1) is 5.92 Å². The van der Waals surface area contributed by atoms with Crippen molar-refractivity contribution in [3.63, 3.8) is 0 Å². The fourth-order valence-electron chi connectivity index (χ4n) is 3.61. The van der Waals surface area contributed by atoms with Gasteiger partial charge in [-0.25, -0.2) is 0 Å². The number of aromatic nitrogens is 1. The van der Waals surface area contributed by atoms with E-state index >= 15 is 0 Å². The van der Waals surface area contributed by atoms with Gasteiger partial charge in [-0.3, -0.25) is 24.3 Å². The Morgan fingerprint density at radius 2 is 1.78 bits per heavy atom. The molecule has 2 heterocycles. The summed E-state index contributed by atoms with van der Waals surface area (Å²) >= 11 is 0. The molecule has 0 spiro atoms. The van der Waals surface area contributed by atoms with E-state index in [1.54, 1.807) is 45.3 Å². The fourth-order valence-corrected chi connectivity index (χ4v) is 3.61. The molecule has 7 nitrogen and oxygen atoms in total. The molecule has 0 saturated heterocycles. The Balaban J connectivity index is 2.08. The molecule has 1 aromatic heterocycles. The van der Waals surface area contributed by atoms with Crippen molar-refractivity contribution in [2.24, 2.45) is 5.92 Å². The van der Waals surface area contributed by atoms with Crippen molar-refractivity contribution in [1.29, 1.82) is 0 Å². The molecule has 0 unspecified atom stereocenters. The van der Waals surface area contributed by atoms with E-state index in [2.05, 4.69) is 4.98 Å². The van der Waals surface area contributed by atoms with E-state index in [9.17, 15) is 14.4 Å². The van der Waals surface area contributed by atoms with E-state index < -0.39 is 17.6 Å². The summed E-state index contributed by atoms with van der Waals surface area (Å²) in [5.74, 6) is -1.35. The van der Waals surface area contributed by atoms with Crippen molar-refractivity contribution in [3.8, 4) is 0 Å². The first kappa shape index (κ1) is 23.2. The molecule has 0 radical (unpaired) electrons. The number of pyridine rings is 1. The first-order chi connectivity index (χ1) is 15.1. The van der Waals surface area contributed by atoms with Crippen molar-refractivity contribution in [3.05, 3.63) is 72.2 Å². The van der Waals surface area contributed by atoms with E-state index in [0.717, 1.165) is 5.56 Å². The van der Waals surface area contributed by atoms with Crippen LogP contribution in [0.2, 0.25) is 0 Å². The number of rotatable bonds is 5. The molecule has 3 rings (SSSR count). The van der Waals surface area contributed by atoms with Gasteiger partial charge in [-0.05, 0) is 44.4 Å². The number of carbonyl (C=O) groups is 3. The molecule has 2 aromatic rings. The zero-order valence-electron chi connectivity index (χ0n) is 19.1. The van der Waals surface area contributed by atoms with Gasteiger partial charge in [-0.2, -0.15) is 0 Å². The topological polar surface area (TPSA) is 79.8 Å². The number of hydrogen-bond acceptors (Lipinski definition) is 5. The molecule has 1 atom stereocenters. The summed E-state index contributed by atoms with van der Waals surface area (Å²) in [6.07, 6.45) is 4.72. The minimum Gasteiger partial charge on any atom is -0.459 e. The summed E-state index contributed by atoms with van der Waals surface area (Å²) in [4.78, 5) is 46.5. The number of ether oxygens (including phenoxy) is 1. The summed E-state index contributed by atoms with van der Waals surface area (Å²) in [5, 5.41) is 0. The molecule has 0 fully saturated rings. The van der Waals surface area contributed by atoms with Gasteiger partial charge in [0.15, 0.2) is 0 Å². The highest BCUT2D eigenvalue weighted by molar-refractivity contribution is 6.03. The zero-order valence-corrected chi connectivity index (χ0v) is 19.1. The summed E-state index contributed by atoms with van der Waals surface area (Å²) < 4.78 is 5.46. The summed E-state index contributed by atoms with van der Waals surface area (Å²) in [7, 11) is 0. The van der Waals surface area contributed by atoms with Gasteiger partial charge < -0.3 is 9.64 Å². The van der Waals surface area contributed by atoms with Crippen LogP contribution in [0.4, 0.5) is 0 Å². The van der Waals surface area contributed by atoms with Crippen LogP contribution in [0.5, 0.6) is 0 Å². The van der Waals surface area contributed by atoms with Crippen LogP contribution in [0.1, 0.15) is 50.5 Å². The van der Waals surface area contributed by atoms with Crippen LogP contribution < -0.4 is 0 Å². The minimum atomic E-state index is -0.766. The fraction of sp³-hybridized carbons (Fsp3) is 0.360. The predicted molar refractivity (Wildman–Crippen MR) is 121 cm³/mol. The number of carbonyl (C=O) groups excluding carboxylic acids is 3. The van der Waals surface area contributed by atoms with Crippen LogP contribution in [-0.2, 0) is 14.3 Å². The number of nitrogens with zero attached hydrogens (tertiary/aromatic N) is 3. The van der Waals surface area contributed by atoms with Gasteiger partial charge in [-0.1, -0.05) is 44.2 Å². The smallest absolute Gasteiger partial charge is 0.326 e. The molecule has 0 aliphatic carbocycles. The Morgan fingerprint density at radius 1 is 1.09 bits per heavy atom. The molecule has 1 aliphatic rings. The van der Waals surface area contributed by atoms with E-state index in [4.69, 9.17) is 4.74 Å². The molecule has 32 heavy (non-hydrogen) atoms. The molecular formula is C25H29N3O4. The highest BCUT2D eigenvalue weighted by Gasteiger charge is 2.41. The van der Waals surface area contributed by atoms with Crippen LogP contribution in [-0.4, -0.2) is 50.8 Å². The number of benzene rings is 1. The monoisotopic (exact) mass is 435 g/mol. The molecule has 0 saturated carbocycles.